The van der Waals surface area contributed by atoms with Gasteiger partial charge in [0.05, 0.1) is 22.9 Å². The second-order valence-electron chi connectivity index (χ2n) is 5.36. The van der Waals surface area contributed by atoms with Gasteiger partial charge >= 0.3 is 6.18 Å². The average Bonchev–Trinajstić information content (AvgIpc) is 3.03. The number of halogens is 3. The number of alkyl halides is 3. The maximum atomic E-state index is 12.8. The molecular formula is C18H14F3NOS. The average molecular weight is 349 g/mol. The van der Waals surface area contributed by atoms with E-state index in [1.807, 2.05) is 29.6 Å². The van der Waals surface area contributed by atoms with Gasteiger partial charge in [0.25, 0.3) is 0 Å². The second-order valence-corrected chi connectivity index (χ2v) is 6.30. The minimum Gasteiger partial charge on any atom is -0.392 e. The summed E-state index contributed by atoms with van der Waals surface area (Å²) in [5.74, 6) is 0. The molecule has 1 N–H and O–H groups in total. The predicted molar refractivity (Wildman–Crippen MR) is 87.7 cm³/mol. The zero-order valence-electron chi connectivity index (χ0n) is 12.5. The van der Waals surface area contributed by atoms with Gasteiger partial charge in [-0.1, -0.05) is 36.4 Å². The van der Waals surface area contributed by atoms with Crippen LogP contribution in [0.15, 0.2) is 53.9 Å². The van der Waals surface area contributed by atoms with E-state index in [1.54, 1.807) is 6.07 Å². The minimum atomic E-state index is -4.34. The summed E-state index contributed by atoms with van der Waals surface area (Å²) in [6, 6.07) is 12.7. The zero-order valence-corrected chi connectivity index (χ0v) is 13.4. The fourth-order valence-electron chi connectivity index (χ4n) is 2.39. The first kappa shape index (κ1) is 16.7. The maximum Gasteiger partial charge on any atom is 0.416 e. The largest absolute Gasteiger partial charge is 0.416 e. The molecule has 124 valence electrons. The van der Waals surface area contributed by atoms with Gasteiger partial charge in [0.2, 0.25) is 0 Å². The highest BCUT2D eigenvalue weighted by Crippen LogP contribution is 2.30. The number of aliphatic hydroxyl groups is 1. The molecule has 0 unspecified atom stereocenters. The van der Waals surface area contributed by atoms with Crippen molar-refractivity contribution >= 4 is 11.3 Å². The molecule has 1 heterocycles. The molecule has 2 aromatic carbocycles. The van der Waals surface area contributed by atoms with Crippen molar-refractivity contribution < 1.29 is 18.3 Å². The first-order valence-corrected chi connectivity index (χ1v) is 8.14. The van der Waals surface area contributed by atoms with E-state index in [0.717, 1.165) is 34.0 Å². The molecule has 1 aromatic heterocycles. The first-order valence-electron chi connectivity index (χ1n) is 7.26. The summed E-state index contributed by atoms with van der Waals surface area (Å²) in [7, 11) is 0. The molecule has 0 fully saturated rings. The van der Waals surface area contributed by atoms with Gasteiger partial charge < -0.3 is 5.11 Å². The fourth-order valence-corrected chi connectivity index (χ4v) is 3.22. The molecule has 0 aliphatic rings. The third-order valence-electron chi connectivity index (χ3n) is 3.57. The van der Waals surface area contributed by atoms with Gasteiger partial charge in [0, 0.05) is 17.4 Å². The molecule has 0 bridgehead atoms. The zero-order chi connectivity index (χ0) is 17.2. The van der Waals surface area contributed by atoms with E-state index in [1.165, 1.54) is 17.4 Å². The number of hydrogen-bond acceptors (Lipinski definition) is 3. The third kappa shape index (κ3) is 3.83. The predicted octanol–water partition coefficient (Wildman–Crippen LogP) is 4.91. The number of nitrogens with zero attached hydrogens (tertiary/aromatic N) is 1. The molecule has 6 heteroatoms. The molecular weight excluding hydrogens is 335 g/mol. The van der Waals surface area contributed by atoms with E-state index < -0.39 is 11.7 Å². The Morgan fingerprint density at radius 2 is 1.75 bits per heavy atom. The van der Waals surface area contributed by atoms with Crippen molar-refractivity contribution in [1.82, 2.24) is 4.98 Å². The summed E-state index contributed by atoms with van der Waals surface area (Å²) < 4.78 is 38.3. The Morgan fingerprint density at radius 3 is 2.50 bits per heavy atom. The van der Waals surface area contributed by atoms with Crippen LogP contribution in [0.1, 0.15) is 21.7 Å². The van der Waals surface area contributed by atoms with Crippen LogP contribution in [-0.2, 0) is 19.2 Å². The lowest BCUT2D eigenvalue weighted by Gasteiger charge is -2.07. The van der Waals surface area contributed by atoms with E-state index >= 15 is 0 Å². The van der Waals surface area contributed by atoms with Crippen LogP contribution in [0, 0.1) is 0 Å². The second kappa shape index (κ2) is 6.75. The highest BCUT2D eigenvalue weighted by Gasteiger charge is 2.30. The summed E-state index contributed by atoms with van der Waals surface area (Å²) in [6.07, 6.45) is -3.98. The quantitative estimate of drug-likeness (QED) is 0.726. The molecule has 2 nitrogen and oxygen atoms in total. The topological polar surface area (TPSA) is 33.1 Å². The van der Waals surface area contributed by atoms with Gasteiger partial charge in [-0.3, -0.25) is 0 Å². The Morgan fingerprint density at radius 1 is 1.00 bits per heavy atom. The highest BCUT2D eigenvalue weighted by atomic mass is 32.1. The van der Waals surface area contributed by atoms with Crippen molar-refractivity contribution in [3.05, 3.63) is 75.6 Å². The number of thiazole rings is 1. The van der Waals surface area contributed by atoms with Crippen molar-refractivity contribution in [2.24, 2.45) is 0 Å². The molecule has 0 aliphatic heterocycles. The van der Waals surface area contributed by atoms with E-state index in [0.29, 0.717) is 12.0 Å². The summed E-state index contributed by atoms with van der Waals surface area (Å²) in [4.78, 5) is 4.50. The van der Waals surface area contributed by atoms with Crippen LogP contribution in [0.5, 0.6) is 0 Å². The van der Waals surface area contributed by atoms with Crippen LogP contribution in [0.4, 0.5) is 13.2 Å². The van der Waals surface area contributed by atoms with Crippen molar-refractivity contribution in [1.29, 1.82) is 0 Å². The molecule has 0 radical (unpaired) electrons. The summed E-state index contributed by atoms with van der Waals surface area (Å²) >= 11 is 1.41. The maximum absolute atomic E-state index is 12.8. The Balaban J connectivity index is 1.81. The van der Waals surface area contributed by atoms with E-state index in [4.69, 9.17) is 0 Å². The molecule has 3 rings (SSSR count). The Kier molecular flexibility index (Phi) is 4.69. The number of hydrogen-bond donors (Lipinski definition) is 1. The van der Waals surface area contributed by atoms with Gasteiger partial charge in [-0.25, -0.2) is 4.98 Å². The number of aliphatic hydroxyl groups excluding tert-OH is 1. The van der Waals surface area contributed by atoms with Crippen LogP contribution in [-0.4, -0.2) is 10.1 Å². The Bertz CT molecular complexity index is 842. The Labute approximate surface area is 141 Å². The van der Waals surface area contributed by atoms with Crippen molar-refractivity contribution in [2.75, 3.05) is 0 Å². The standard InChI is InChI=1S/C18H14F3NOS/c19-18(20,21)15-6-2-3-12(8-15)9-17-22-16(11-24-17)14-5-1-4-13(7-14)10-23/h1-8,11,23H,9-10H2. The Hall–Kier alpha value is -2.18. The van der Waals surface area contributed by atoms with E-state index in [2.05, 4.69) is 4.98 Å². The molecule has 24 heavy (non-hydrogen) atoms. The first-order chi connectivity index (χ1) is 11.5. The van der Waals surface area contributed by atoms with Crippen LogP contribution in [0.3, 0.4) is 0 Å². The lowest BCUT2D eigenvalue weighted by Crippen LogP contribution is -2.05. The summed E-state index contributed by atoms with van der Waals surface area (Å²) in [6.45, 7) is -0.0466. The number of benzene rings is 2. The summed E-state index contributed by atoms with van der Waals surface area (Å²) in [5.41, 5.74) is 2.37. The molecule has 0 saturated heterocycles. The van der Waals surface area contributed by atoms with Gasteiger partial charge in [0.15, 0.2) is 0 Å². The number of aromatic nitrogens is 1. The monoisotopic (exact) mass is 349 g/mol. The van der Waals surface area contributed by atoms with Crippen molar-refractivity contribution in [3.8, 4) is 11.3 Å². The summed E-state index contributed by atoms with van der Waals surface area (Å²) in [5, 5.41) is 11.8. The minimum absolute atomic E-state index is 0.0466. The molecule has 0 saturated carbocycles. The van der Waals surface area contributed by atoms with E-state index in [-0.39, 0.29) is 6.61 Å². The third-order valence-corrected chi connectivity index (χ3v) is 4.42. The van der Waals surface area contributed by atoms with Crippen molar-refractivity contribution in [2.45, 2.75) is 19.2 Å². The van der Waals surface area contributed by atoms with Crippen LogP contribution in [0.25, 0.3) is 11.3 Å². The SMILES string of the molecule is OCc1cccc(-c2csc(Cc3cccc(C(F)(F)F)c3)n2)c1. The van der Waals surface area contributed by atoms with Gasteiger partial charge in [0.1, 0.15) is 0 Å². The van der Waals surface area contributed by atoms with Crippen LogP contribution in [0.2, 0.25) is 0 Å². The van der Waals surface area contributed by atoms with Gasteiger partial charge in [-0.2, -0.15) is 13.2 Å². The molecule has 0 amide bonds. The molecule has 0 atom stereocenters. The van der Waals surface area contributed by atoms with Crippen LogP contribution < -0.4 is 0 Å². The highest BCUT2D eigenvalue weighted by molar-refractivity contribution is 7.10. The van der Waals surface area contributed by atoms with Crippen molar-refractivity contribution in [3.63, 3.8) is 0 Å². The normalized spacial score (nSPS) is 11.7. The smallest absolute Gasteiger partial charge is 0.392 e. The lowest BCUT2D eigenvalue weighted by atomic mass is 10.1. The van der Waals surface area contributed by atoms with Gasteiger partial charge in [-0.05, 0) is 23.3 Å². The molecule has 0 spiro atoms. The fraction of sp³-hybridized carbons (Fsp3) is 0.167. The van der Waals surface area contributed by atoms with Gasteiger partial charge in [-0.15, -0.1) is 11.3 Å². The lowest BCUT2D eigenvalue weighted by molar-refractivity contribution is -0.137. The van der Waals surface area contributed by atoms with Crippen LogP contribution >= 0.6 is 11.3 Å². The number of rotatable bonds is 4. The van der Waals surface area contributed by atoms with E-state index in [9.17, 15) is 18.3 Å². The molecule has 3 aromatic rings. The molecule has 0 aliphatic carbocycles.